The molecule has 1 aliphatic heterocycles. The molecule has 4 heterocycles. The summed E-state index contributed by atoms with van der Waals surface area (Å²) in [6.45, 7) is 1.92. The predicted molar refractivity (Wildman–Crippen MR) is 154 cm³/mol. The quantitative estimate of drug-likeness (QED) is 0.205. The number of nitrogens with one attached hydrogen (secondary N) is 2. The molecule has 0 aliphatic carbocycles. The number of nitrogens with zero attached hydrogens (tertiary/aromatic N) is 4. The minimum Gasteiger partial charge on any atom is -0.381 e. The number of thiazole rings is 1. The van der Waals surface area contributed by atoms with Gasteiger partial charge in [-0.15, -0.1) is 11.3 Å². The van der Waals surface area contributed by atoms with E-state index >= 15 is 0 Å². The minimum absolute atomic E-state index is 0.0299. The van der Waals surface area contributed by atoms with Gasteiger partial charge in [-0.25, -0.2) is 14.6 Å². The number of fused-ring (bicyclic) bond motifs is 1. The van der Waals surface area contributed by atoms with E-state index in [1.807, 2.05) is 73.1 Å². The monoisotopic (exact) mass is 546 g/mol. The molecule has 1 saturated heterocycles. The van der Waals surface area contributed by atoms with Crippen molar-refractivity contribution < 1.29 is 13.9 Å². The smallest absolute Gasteiger partial charge is 0.276 e. The van der Waals surface area contributed by atoms with E-state index in [1.165, 1.54) is 0 Å². The molecule has 0 spiro atoms. The van der Waals surface area contributed by atoms with Gasteiger partial charge in [0.1, 0.15) is 0 Å². The third-order valence-corrected chi connectivity index (χ3v) is 9.05. The number of hydrogen-bond acceptors (Lipinski definition) is 8. The van der Waals surface area contributed by atoms with E-state index < -0.39 is 10.6 Å². The van der Waals surface area contributed by atoms with Crippen LogP contribution in [0.1, 0.15) is 22.6 Å². The van der Waals surface area contributed by atoms with Crippen molar-refractivity contribution in [3.63, 3.8) is 0 Å². The van der Waals surface area contributed by atoms with Gasteiger partial charge in [-0.2, -0.15) is 15.7 Å². The Bertz CT molecular complexity index is 1630. The van der Waals surface area contributed by atoms with Gasteiger partial charge in [0.2, 0.25) is 0 Å². The molecule has 0 saturated carbocycles. The second kappa shape index (κ2) is 9.84. The normalized spacial score (nSPS) is 17.4. The summed E-state index contributed by atoms with van der Waals surface area (Å²) < 4.78 is 22.4. The maximum absolute atomic E-state index is 13.2. The SMILES string of the molecule is Cc1cccc(-n2nc(C(=O)Nc3ccc(NC4CCS(O)(O)C4)cc3)cc2-c2ccc3ncsc3c2)n1. The molecule has 5 aromatic rings. The van der Waals surface area contributed by atoms with Gasteiger partial charge in [-0.3, -0.25) is 13.9 Å². The summed E-state index contributed by atoms with van der Waals surface area (Å²) in [4.78, 5) is 22.2. The molecule has 1 unspecified atom stereocenters. The Labute approximate surface area is 224 Å². The lowest BCUT2D eigenvalue weighted by Crippen LogP contribution is -2.19. The van der Waals surface area contributed by atoms with Crippen molar-refractivity contribution in [1.29, 1.82) is 0 Å². The molecule has 2 aromatic carbocycles. The van der Waals surface area contributed by atoms with Gasteiger partial charge in [0.15, 0.2) is 11.5 Å². The van der Waals surface area contributed by atoms with Crippen molar-refractivity contribution in [3.8, 4) is 17.1 Å². The number of pyridine rings is 1. The molecule has 1 atom stereocenters. The molecule has 9 nitrogen and oxygen atoms in total. The van der Waals surface area contributed by atoms with Gasteiger partial charge in [0, 0.05) is 34.4 Å². The zero-order chi connectivity index (χ0) is 26.3. The summed E-state index contributed by atoms with van der Waals surface area (Å²) >= 11 is 1.56. The zero-order valence-electron chi connectivity index (χ0n) is 20.5. The number of benzene rings is 2. The fourth-order valence-corrected chi connectivity index (χ4v) is 6.99. The number of carbonyl (C=O) groups is 1. The third-order valence-electron chi connectivity index (χ3n) is 6.43. The van der Waals surface area contributed by atoms with Crippen LogP contribution in [-0.4, -0.2) is 52.3 Å². The average Bonchev–Trinajstić information content (AvgIpc) is 3.63. The predicted octanol–water partition coefficient (Wildman–Crippen LogP) is 6.04. The van der Waals surface area contributed by atoms with Gasteiger partial charge < -0.3 is 10.6 Å². The molecule has 3 aromatic heterocycles. The highest BCUT2D eigenvalue weighted by atomic mass is 32.3. The molecular weight excluding hydrogens is 520 g/mol. The molecule has 6 rings (SSSR count). The van der Waals surface area contributed by atoms with Crippen LogP contribution in [0.4, 0.5) is 11.4 Å². The number of carbonyl (C=O) groups excluding carboxylic acids is 1. The average molecular weight is 547 g/mol. The first-order chi connectivity index (χ1) is 18.3. The first-order valence-corrected chi connectivity index (χ1v) is 14.9. The van der Waals surface area contributed by atoms with Crippen LogP contribution in [0, 0.1) is 6.92 Å². The molecule has 194 valence electrons. The first-order valence-electron chi connectivity index (χ1n) is 12.1. The Morgan fingerprint density at radius 2 is 1.89 bits per heavy atom. The van der Waals surface area contributed by atoms with Gasteiger partial charge in [0.25, 0.3) is 5.91 Å². The summed E-state index contributed by atoms with van der Waals surface area (Å²) in [5, 5.41) is 10.9. The lowest BCUT2D eigenvalue weighted by atomic mass is 10.1. The van der Waals surface area contributed by atoms with Crippen molar-refractivity contribution in [2.75, 3.05) is 22.1 Å². The molecule has 1 amide bonds. The molecule has 0 bridgehead atoms. The topological polar surface area (TPSA) is 125 Å². The molecule has 1 aliphatic rings. The number of rotatable bonds is 6. The third kappa shape index (κ3) is 5.14. The van der Waals surface area contributed by atoms with Crippen LogP contribution < -0.4 is 10.6 Å². The molecule has 38 heavy (non-hydrogen) atoms. The lowest BCUT2D eigenvalue weighted by molar-refractivity contribution is 0.102. The highest BCUT2D eigenvalue weighted by molar-refractivity contribution is 8.24. The molecular formula is C27H26N6O3S2. The Morgan fingerprint density at radius 1 is 1.08 bits per heavy atom. The highest BCUT2D eigenvalue weighted by Gasteiger charge is 2.28. The van der Waals surface area contributed by atoms with E-state index in [-0.39, 0.29) is 17.6 Å². The van der Waals surface area contributed by atoms with E-state index in [4.69, 9.17) is 0 Å². The first kappa shape index (κ1) is 24.6. The van der Waals surface area contributed by atoms with E-state index in [0.29, 0.717) is 23.0 Å². The highest BCUT2D eigenvalue weighted by Crippen LogP contribution is 2.46. The largest absolute Gasteiger partial charge is 0.381 e. The van der Waals surface area contributed by atoms with Crippen molar-refractivity contribution in [3.05, 3.63) is 83.6 Å². The molecule has 4 N–H and O–H groups in total. The van der Waals surface area contributed by atoms with Gasteiger partial charge in [0.05, 0.1) is 27.2 Å². The molecule has 1 fully saturated rings. The van der Waals surface area contributed by atoms with Gasteiger partial charge in [-0.05, 0) is 67.9 Å². The summed E-state index contributed by atoms with van der Waals surface area (Å²) in [5.41, 5.74) is 7.02. The second-order valence-corrected chi connectivity index (χ2v) is 12.6. The Hall–Kier alpha value is -3.77. The van der Waals surface area contributed by atoms with Crippen LogP contribution in [0.15, 0.2) is 72.2 Å². The maximum atomic E-state index is 13.2. The fourth-order valence-electron chi connectivity index (χ4n) is 4.55. The van der Waals surface area contributed by atoms with Crippen LogP contribution in [0.2, 0.25) is 0 Å². The van der Waals surface area contributed by atoms with Crippen LogP contribution in [0.25, 0.3) is 27.3 Å². The van der Waals surface area contributed by atoms with Crippen molar-refractivity contribution in [2.24, 2.45) is 0 Å². The number of aryl methyl sites for hydroxylation is 1. The second-order valence-electron chi connectivity index (χ2n) is 9.33. The van der Waals surface area contributed by atoms with E-state index in [9.17, 15) is 13.9 Å². The van der Waals surface area contributed by atoms with Crippen molar-refractivity contribution >= 4 is 49.4 Å². The van der Waals surface area contributed by atoms with Gasteiger partial charge in [-0.1, -0.05) is 12.1 Å². The zero-order valence-corrected chi connectivity index (χ0v) is 22.2. The number of hydrogen-bond donors (Lipinski definition) is 4. The summed E-state index contributed by atoms with van der Waals surface area (Å²) in [7, 11) is -2.46. The van der Waals surface area contributed by atoms with Crippen molar-refractivity contribution in [2.45, 2.75) is 19.4 Å². The summed E-state index contributed by atoms with van der Waals surface area (Å²) in [6.07, 6.45) is 0.720. The van der Waals surface area contributed by atoms with Crippen LogP contribution >= 0.6 is 21.9 Å². The summed E-state index contributed by atoms with van der Waals surface area (Å²) in [5.74, 6) is 1.09. The van der Waals surface area contributed by atoms with E-state index in [1.54, 1.807) is 22.1 Å². The number of aromatic nitrogens is 4. The Morgan fingerprint density at radius 3 is 2.66 bits per heavy atom. The Balaban J connectivity index is 1.25. The number of amides is 1. The van der Waals surface area contributed by atoms with Crippen molar-refractivity contribution in [1.82, 2.24) is 19.7 Å². The summed E-state index contributed by atoms with van der Waals surface area (Å²) in [6, 6.07) is 20.8. The van der Waals surface area contributed by atoms with Crippen LogP contribution in [0.3, 0.4) is 0 Å². The van der Waals surface area contributed by atoms with Crippen LogP contribution in [-0.2, 0) is 0 Å². The minimum atomic E-state index is -2.46. The van der Waals surface area contributed by atoms with Gasteiger partial charge >= 0.3 is 0 Å². The molecule has 11 heteroatoms. The van der Waals surface area contributed by atoms with Crippen LogP contribution in [0.5, 0.6) is 0 Å². The molecule has 0 radical (unpaired) electrons. The van der Waals surface area contributed by atoms with E-state index in [0.717, 1.165) is 39.3 Å². The fraction of sp³-hybridized carbons (Fsp3) is 0.185. The number of anilines is 2. The Kier molecular flexibility index (Phi) is 6.36. The van der Waals surface area contributed by atoms with E-state index in [2.05, 4.69) is 25.7 Å². The lowest BCUT2D eigenvalue weighted by Gasteiger charge is -2.26. The maximum Gasteiger partial charge on any atom is 0.276 e. The standard InChI is InChI=1S/C27H26N6O3S2/c1-17-3-2-4-26(29-17)33-24(18-5-10-22-25(13-18)37-16-28-22)14-23(32-33)27(34)31-20-8-6-19(7-9-20)30-21-11-12-38(35,36)15-21/h2-10,13-14,16,21,30,35-36H,11-12,15H2,1H3,(H,31,34).